The van der Waals surface area contributed by atoms with Crippen molar-refractivity contribution in [2.45, 2.75) is 6.61 Å². The Labute approximate surface area is 129 Å². The first-order valence-electron chi connectivity index (χ1n) is 6.00. The summed E-state index contributed by atoms with van der Waals surface area (Å²) in [6, 6.07) is 3.63. The molecule has 0 saturated carbocycles. The van der Waals surface area contributed by atoms with E-state index in [1.165, 1.54) is 0 Å². The normalized spacial score (nSPS) is 10.8. The molecule has 0 radical (unpaired) electrons. The molecule has 0 fully saturated rings. The Morgan fingerprint density at radius 3 is 1.71 bits per heavy atom. The predicted octanol–water partition coefficient (Wildman–Crippen LogP) is 4.20. The third kappa shape index (κ3) is 3.42. The molecule has 0 atom stereocenters. The van der Waals surface area contributed by atoms with Crippen LogP contribution in [-0.4, -0.2) is 12.6 Å². The van der Waals surface area contributed by atoms with Crippen LogP contribution < -0.4 is 9.47 Å². The van der Waals surface area contributed by atoms with Crippen molar-refractivity contribution < 1.29 is 45.0 Å². The van der Waals surface area contributed by atoms with Gasteiger partial charge in [-0.2, -0.15) is 17.6 Å². The van der Waals surface area contributed by atoms with E-state index in [9.17, 15) is 35.5 Å². The van der Waals surface area contributed by atoms with Gasteiger partial charge in [0.15, 0.2) is 0 Å². The third-order valence-electron chi connectivity index (χ3n) is 2.68. The maximum atomic E-state index is 13.4. The standard InChI is InChI=1S/C14H5F7O3/c15-7-8(16)10(18)12(11(19)9(7)17)24-13(22)5-1-3-6(4-2-5)23-14(20)21/h1-4,14H. The molecule has 2 aromatic carbocycles. The van der Waals surface area contributed by atoms with Gasteiger partial charge in [-0.05, 0) is 24.3 Å². The second-order valence-corrected chi connectivity index (χ2v) is 4.19. The molecular weight excluding hydrogens is 349 g/mol. The van der Waals surface area contributed by atoms with Crippen LogP contribution in [0.4, 0.5) is 30.7 Å². The van der Waals surface area contributed by atoms with Crippen LogP contribution in [0, 0.1) is 29.1 Å². The van der Waals surface area contributed by atoms with Gasteiger partial charge in [-0.15, -0.1) is 0 Å². The molecule has 0 aliphatic rings. The summed E-state index contributed by atoms with van der Waals surface area (Å²) in [6.07, 6.45) is 0. The van der Waals surface area contributed by atoms with Crippen LogP contribution in [-0.2, 0) is 0 Å². The minimum Gasteiger partial charge on any atom is -0.435 e. The predicted molar refractivity (Wildman–Crippen MR) is 64.3 cm³/mol. The van der Waals surface area contributed by atoms with Crippen LogP contribution >= 0.6 is 0 Å². The number of carbonyl (C=O) groups is 1. The Bertz CT molecular complexity index is 746. The van der Waals surface area contributed by atoms with E-state index < -0.39 is 53.0 Å². The van der Waals surface area contributed by atoms with Gasteiger partial charge in [-0.25, -0.2) is 18.0 Å². The second-order valence-electron chi connectivity index (χ2n) is 4.19. The van der Waals surface area contributed by atoms with Gasteiger partial charge in [0.1, 0.15) is 5.75 Å². The van der Waals surface area contributed by atoms with E-state index in [2.05, 4.69) is 9.47 Å². The lowest BCUT2D eigenvalue weighted by molar-refractivity contribution is -0.0498. The van der Waals surface area contributed by atoms with Gasteiger partial charge in [0.05, 0.1) is 5.56 Å². The first-order valence-corrected chi connectivity index (χ1v) is 6.00. The molecular formula is C14H5F7O3. The van der Waals surface area contributed by atoms with Gasteiger partial charge >= 0.3 is 12.6 Å². The molecule has 2 aromatic rings. The molecule has 0 aliphatic carbocycles. The molecule has 0 N–H and O–H groups in total. The quantitative estimate of drug-likeness (QED) is 0.271. The molecule has 0 aliphatic heterocycles. The lowest BCUT2D eigenvalue weighted by Crippen LogP contribution is -2.13. The van der Waals surface area contributed by atoms with E-state index in [0.717, 1.165) is 24.3 Å². The minimum absolute atomic E-state index is 0.321. The van der Waals surface area contributed by atoms with Crippen molar-refractivity contribution in [2.24, 2.45) is 0 Å². The van der Waals surface area contributed by atoms with E-state index in [0.29, 0.717) is 0 Å². The van der Waals surface area contributed by atoms with Crippen molar-refractivity contribution in [1.82, 2.24) is 0 Å². The van der Waals surface area contributed by atoms with Crippen molar-refractivity contribution in [3.63, 3.8) is 0 Å². The second kappa shape index (κ2) is 6.77. The third-order valence-corrected chi connectivity index (χ3v) is 2.68. The van der Waals surface area contributed by atoms with Crippen LogP contribution in [0.5, 0.6) is 11.5 Å². The summed E-state index contributed by atoms with van der Waals surface area (Å²) >= 11 is 0. The van der Waals surface area contributed by atoms with Crippen molar-refractivity contribution in [3.8, 4) is 11.5 Å². The number of esters is 1. The molecule has 0 unspecified atom stereocenters. The summed E-state index contributed by atoms with van der Waals surface area (Å²) in [7, 11) is 0. The Morgan fingerprint density at radius 2 is 1.25 bits per heavy atom. The van der Waals surface area contributed by atoms with Crippen LogP contribution in [0.3, 0.4) is 0 Å². The molecule has 2 rings (SSSR count). The molecule has 0 amide bonds. The summed E-state index contributed by atoms with van der Waals surface area (Å²) in [5, 5.41) is 0. The summed E-state index contributed by atoms with van der Waals surface area (Å²) in [5.74, 6) is -15.2. The summed E-state index contributed by atoms with van der Waals surface area (Å²) in [6.45, 7) is -3.11. The molecule has 0 heterocycles. The number of hydrogen-bond acceptors (Lipinski definition) is 3. The fourth-order valence-corrected chi connectivity index (χ4v) is 1.60. The average Bonchev–Trinajstić information content (AvgIpc) is 2.55. The Kier molecular flexibility index (Phi) is 4.96. The fourth-order valence-electron chi connectivity index (χ4n) is 1.60. The number of carbonyl (C=O) groups excluding carboxylic acids is 1. The Balaban J connectivity index is 2.27. The van der Waals surface area contributed by atoms with Gasteiger partial charge in [-0.1, -0.05) is 0 Å². The van der Waals surface area contributed by atoms with Crippen LogP contribution in [0.2, 0.25) is 0 Å². The fraction of sp³-hybridized carbons (Fsp3) is 0.0714. The monoisotopic (exact) mass is 354 g/mol. The SMILES string of the molecule is O=C(Oc1c(F)c(F)c(F)c(F)c1F)c1ccc(OC(F)F)cc1. The molecule has 0 spiro atoms. The number of hydrogen-bond donors (Lipinski definition) is 0. The molecule has 0 bridgehead atoms. The highest BCUT2D eigenvalue weighted by Gasteiger charge is 2.28. The zero-order chi connectivity index (χ0) is 18.0. The maximum absolute atomic E-state index is 13.4. The van der Waals surface area contributed by atoms with Gasteiger partial charge in [-0.3, -0.25) is 0 Å². The summed E-state index contributed by atoms with van der Waals surface area (Å²) < 4.78 is 97.7. The van der Waals surface area contributed by atoms with E-state index in [-0.39, 0.29) is 5.75 Å². The first kappa shape index (κ1) is 17.6. The molecule has 0 aromatic heterocycles. The van der Waals surface area contributed by atoms with Crippen LogP contribution in [0.15, 0.2) is 24.3 Å². The molecule has 0 saturated heterocycles. The number of alkyl halides is 2. The molecule has 24 heavy (non-hydrogen) atoms. The van der Waals surface area contributed by atoms with Crippen molar-refractivity contribution in [2.75, 3.05) is 0 Å². The lowest BCUT2D eigenvalue weighted by atomic mass is 10.2. The van der Waals surface area contributed by atoms with Crippen LogP contribution in [0.1, 0.15) is 10.4 Å². The van der Waals surface area contributed by atoms with E-state index >= 15 is 0 Å². The molecule has 10 heteroatoms. The van der Waals surface area contributed by atoms with Crippen molar-refractivity contribution in [3.05, 3.63) is 58.9 Å². The largest absolute Gasteiger partial charge is 0.435 e. The Hall–Kier alpha value is -2.78. The zero-order valence-corrected chi connectivity index (χ0v) is 11.3. The highest BCUT2D eigenvalue weighted by Crippen LogP contribution is 2.29. The summed E-state index contributed by atoms with van der Waals surface area (Å²) in [5.41, 5.74) is -0.402. The van der Waals surface area contributed by atoms with Gasteiger partial charge in [0, 0.05) is 0 Å². The lowest BCUT2D eigenvalue weighted by Gasteiger charge is -2.09. The smallest absolute Gasteiger partial charge is 0.387 e. The molecule has 128 valence electrons. The van der Waals surface area contributed by atoms with E-state index in [1.807, 2.05) is 0 Å². The maximum Gasteiger partial charge on any atom is 0.387 e. The number of rotatable bonds is 4. The number of halogens is 7. The van der Waals surface area contributed by atoms with Crippen LogP contribution in [0.25, 0.3) is 0 Å². The van der Waals surface area contributed by atoms with Crippen molar-refractivity contribution >= 4 is 5.97 Å². The van der Waals surface area contributed by atoms with Gasteiger partial charge < -0.3 is 9.47 Å². The highest BCUT2D eigenvalue weighted by atomic mass is 19.3. The first-order chi connectivity index (χ1) is 11.2. The van der Waals surface area contributed by atoms with E-state index in [1.54, 1.807) is 0 Å². The number of ether oxygens (including phenoxy) is 2. The topological polar surface area (TPSA) is 35.5 Å². The average molecular weight is 354 g/mol. The van der Waals surface area contributed by atoms with E-state index in [4.69, 9.17) is 0 Å². The van der Waals surface area contributed by atoms with Gasteiger partial charge in [0.25, 0.3) is 0 Å². The van der Waals surface area contributed by atoms with Gasteiger partial charge in [0.2, 0.25) is 34.8 Å². The molecule has 3 nitrogen and oxygen atoms in total. The zero-order valence-electron chi connectivity index (χ0n) is 11.3. The van der Waals surface area contributed by atoms with Crippen molar-refractivity contribution in [1.29, 1.82) is 0 Å². The number of benzene rings is 2. The minimum atomic E-state index is -3.11. The Morgan fingerprint density at radius 1 is 0.792 bits per heavy atom. The summed E-state index contributed by atoms with van der Waals surface area (Å²) in [4.78, 5) is 11.7. The highest BCUT2D eigenvalue weighted by molar-refractivity contribution is 5.91.